The largest absolute Gasteiger partial charge is 0.411 e. The first-order valence-corrected chi connectivity index (χ1v) is 6.82. The molecule has 0 radical (unpaired) electrons. The van der Waals surface area contributed by atoms with Crippen LogP contribution < -0.4 is 4.72 Å². The quantitative estimate of drug-likeness (QED) is 0.751. The van der Waals surface area contributed by atoms with Crippen molar-refractivity contribution in [1.29, 1.82) is 0 Å². The molecule has 1 aromatic heterocycles. The van der Waals surface area contributed by atoms with E-state index < -0.39 is 22.8 Å². The molecule has 0 bridgehead atoms. The van der Waals surface area contributed by atoms with E-state index in [1.807, 2.05) is 0 Å². The van der Waals surface area contributed by atoms with Crippen LogP contribution in [0.5, 0.6) is 0 Å². The lowest BCUT2D eigenvalue weighted by Gasteiger charge is -2.08. The minimum atomic E-state index is -4.37. The summed E-state index contributed by atoms with van der Waals surface area (Å²) in [5.74, 6) is 0. The van der Waals surface area contributed by atoms with Crippen molar-refractivity contribution in [3.05, 3.63) is 12.4 Å². The maximum atomic E-state index is 11.7. The fourth-order valence-electron chi connectivity index (χ4n) is 1.19. The highest BCUT2D eigenvalue weighted by Gasteiger charge is 2.27. The summed E-state index contributed by atoms with van der Waals surface area (Å²) in [5, 5.41) is 3.72. The third kappa shape index (κ3) is 6.03. The number of hydrogen-bond donors (Lipinski definition) is 1. The zero-order chi connectivity index (χ0) is 14.5. The molecule has 0 aliphatic heterocycles. The summed E-state index contributed by atoms with van der Waals surface area (Å²) in [5.41, 5.74) is 0. The molecule has 0 atom stereocenters. The topological polar surface area (TPSA) is 73.2 Å². The van der Waals surface area contributed by atoms with Gasteiger partial charge in [-0.25, -0.2) is 13.1 Å². The molecule has 0 spiro atoms. The van der Waals surface area contributed by atoms with Crippen LogP contribution in [0.1, 0.15) is 6.42 Å². The predicted molar refractivity (Wildman–Crippen MR) is 59.9 cm³/mol. The molecule has 0 aliphatic carbocycles. The van der Waals surface area contributed by atoms with Crippen molar-refractivity contribution in [3.63, 3.8) is 0 Å². The van der Waals surface area contributed by atoms with Gasteiger partial charge < -0.3 is 4.74 Å². The average molecular weight is 301 g/mol. The second-order valence-corrected chi connectivity index (χ2v) is 5.54. The third-order valence-electron chi connectivity index (χ3n) is 2.01. The van der Waals surface area contributed by atoms with Crippen LogP contribution in [0.2, 0.25) is 0 Å². The Bertz CT molecular complexity index is 498. The average Bonchev–Trinajstić information content (AvgIpc) is 2.69. The number of aromatic nitrogens is 2. The Balaban J connectivity index is 2.26. The lowest BCUT2D eigenvalue weighted by Crippen LogP contribution is -2.26. The highest BCUT2D eigenvalue weighted by atomic mass is 32.2. The van der Waals surface area contributed by atoms with Gasteiger partial charge in [0.25, 0.3) is 0 Å². The van der Waals surface area contributed by atoms with Crippen LogP contribution >= 0.6 is 0 Å². The minimum absolute atomic E-state index is 0.00488. The maximum absolute atomic E-state index is 11.7. The Labute approximate surface area is 108 Å². The van der Waals surface area contributed by atoms with Crippen LogP contribution in [0.15, 0.2) is 17.3 Å². The summed E-state index contributed by atoms with van der Waals surface area (Å²) >= 11 is 0. The Morgan fingerprint density at radius 2 is 2.16 bits per heavy atom. The number of nitrogens with zero attached hydrogens (tertiary/aromatic N) is 2. The molecule has 0 saturated heterocycles. The standard InChI is InChI=1S/C9H14F3N3O3S/c1-15-6-8(5-13-15)19(16,17)14-3-2-4-18-7-9(10,11)12/h5-6,14H,2-4,7H2,1H3. The lowest BCUT2D eigenvalue weighted by atomic mass is 10.5. The van der Waals surface area contributed by atoms with Gasteiger partial charge in [0.05, 0.1) is 6.20 Å². The molecule has 19 heavy (non-hydrogen) atoms. The van der Waals surface area contributed by atoms with Gasteiger partial charge in [0, 0.05) is 26.4 Å². The summed E-state index contributed by atoms with van der Waals surface area (Å²) in [6.45, 7) is -1.51. The summed E-state index contributed by atoms with van der Waals surface area (Å²) < 4.78 is 66.4. The number of sulfonamides is 1. The molecule has 6 nitrogen and oxygen atoms in total. The minimum Gasteiger partial charge on any atom is -0.372 e. The second kappa shape index (κ2) is 6.35. The summed E-state index contributed by atoms with van der Waals surface area (Å²) in [6, 6.07) is 0. The van der Waals surface area contributed by atoms with E-state index in [-0.39, 0.29) is 24.5 Å². The van der Waals surface area contributed by atoms with Gasteiger partial charge in [-0.15, -0.1) is 0 Å². The monoisotopic (exact) mass is 301 g/mol. The number of ether oxygens (including phenoxy) is 1. The molecule has 10 heteroatoms. The van der Waals surface area contributed by atoms with E-state index in [0.717, 1.165) is 0 Å². The Morgan fingerprint density at radius 1 is 1.47 bits per heavy atom. The Morgan fingerprint density at radius 3 is 2.68 bits per heavy atom. The van der Waals surface area contributed by atoms with Crippen LogP contribution in [0, 0.1) is 0 Å². The van der Waals surface area contributed by atoms with Crippen molar-refractivity contribution in [3.8, 4) is 0 Å². The van der Waals surface area contributed by atoms with E-state index in [1.54, 1.807) is 7.05 Å². The van der Waals surface area contributed by atoms with E-state index in [4.69, 9.17) is 0 Å². The van der Waals surface area contributed by atoms with E-state index in [9.17, 15) is 21.6 Å². The van der Waals surface area contributed by atoms with Gasteiger partial charge in [-0.1, -0.05) is 0 Å². The predicted octanol–water partition coefficient (Wildman–Crippen LogP) is 0.667. The Kier molecular flexibility index (Phi) is 5.32. The molecule has 0 fully saturated rings. The number of halogens is 3. The molecule has 1 heterocycles. The molecule has 1 aromatic rings. The molecular weight excluding hydrogens is 287 g/mol. The zero-order valence-electron chi connectivity index (χ0n) is 10.1. The summed E-state index contributed by atoms with van der Waals surface area (Å²) in [4.78, 5) is 0.00575. The molecule has 0 aliphatic rings. The van der Waals surface area contributed by atoms with Crippen molar-refractivity contribution < 1.29 is 26.3 Å². The second-order valence-electron chi connectivity index (χ2n) is 3.77. The number of rotatable bonds is 7. The fourth-order valence-corrected chi connectivity index (χ4v) is 2.25. The number of aryl methyl sites for hydroxylation is 1. The highest BCUT2D eigenvalue weighted by Crippen LogP contribution is 2.14. The number of alkyl halides is 3. The molecule has 0 unspecified atom stereocenters. The van der Waals surface area contributed by atoms with E-state index in [1.165, 1.54) is 17.1 Å². The van der Waals surface area contributed by atoms with Crippen molar-refractivity contribution in [1.82, 2.24) is 14.5 Å². The van der Waals surface area contributed by atoms with Crippen molar-refractivity contribution in [2.75, 3.05) is 19.8 Å². The van der Waals surface area contributed by atoms with E-state index in [0.29, 0.717) is 0 Å². The van der Waals surface area contributed by atoms with Gasteiger partial charge in [-0.2, -0.15) is 18.3 Å². The first-order valence-electron chi connectivity index (χ1n) is 5.33. The van der Waals surface area contributed by atoms with Crippen LogP contribution in [-0.4, -0.2) is 44.1 Å². The third-order valence-corrected chi connectivity index (χ3v) is 3.43. The molecule has 0 aromatic carbocycles. The highest BCUT2D eigenvalue weighted by molar-refractivity contribution is 7.89. The fraction of sp³-hybridized carbons (Fsp3) is 0.667. The SMILES string of the molecule is Cn1cc(S(=O)(=O)NCCCOCC(F)(F)F)cn1. The molecule has 1 N–H and O–H groups in total. The van der Waals surface area contributed by atoms with E-state index in [2.05, 4.69) is 14.6 Å². The van der Waals surface area contributed by atoms with E-state index >= 15 is 0 Å². The normalized spacial score (nSPS) is 12.8. The summed E-state index contributed by atoms with van der Waals surface area (Å²) in [7, 11) is -2.09. The first-order chi connectivity index (χ1) is 8.71. The van der Waals surface area contributed by atoms with Gasteiger partial charge in [0.1, 0.15) is 11.5 Å². The van der Waals surface area contributed by atoms with Gasteiger partial charge in [0.15, 0.2) is 0 Å². The molecule has 0 amide bonds. The van der Waals surface area contributed by atoms with Gasteiger partial charge in [-0.3, -0.25) is 4.68 Å². The van der Waals surface area contributed by atoms with Crippen LogP contribution in [0.4, 0.5) is 13.2 Å². The van der Waals surface area contributed by atoms with Gasteiger partial charge in [0.2, 0.25) is 10.0 Å². The van der Waals surface area contributed by atoms with Gasteiger partial charge >= 0.3 is 6.18 Å². The zero-order valence-corrected chi connectivity index (χ0v) is 11.0. The smallest absolute Gasteiger partial charge is 0.372 e. The number of hydrogen-bond acceptors (Lipinski definition) is 4. The van der Waals surface area contributed by atoms with Gasteiger partial charge in [-0.05, 0) is 6.42 Å². The number of nitrogens with one attached hydrogen (secondary N) is 1. The van der Waals surface area contributed by atoms with Crippen molar-refractivity contribution in [2.24, 2.45) is 7.05 Å². The molecule has 0 saturated carbocycles. The Hall–Kier alpha value is -1.13. The molecular formula is C9H14F3N3O3S. The van der Waals surface area contributed by atoms with Crippen LogP contribution in [0.3, 0.4) is 0 Å². The first kappa shape index (κ1) is 15.9. The van der Waals surface area contributed by atoms with Crippen LogP contribution in [-0.2, 0) is 21.8 Å². The maximum Gasteiger partial charge on any atom is 0.411 e. The molecule has 110 valence electrons. The lowest BCUT2D eigenvalue weighted by molar-refractivity contribution is -0.173. The van der Waals surface area contributed by atoms with Crippen LogP contribution in [0.25, 0.3) is 0 Å². The van der Waals surface area contributed by atoms with Crippen molar-refractivity contribution in [2.45, 2.75) is 17.5 Å². The van der Waals surface area contributed by atoms with Crippen molar-refractivity contribution >= 4 is 10.0 Å². The molecule has 1 rings (SSSR count). The summed E-state index contributed by atoms with van der Waals surface area (Å²) in [6.07, 6.45) is -1.71.